The standard InChI is InChI=1S/C26H31N7O2/c1-17-26(29-21-8-4-3-7-20(21)27-17)22-14-24-30-23(32-11-5-6-19(32)16-34-2)15-25(33(24)31-22)28-18-9-12-35-13-10-18/h3-4,7-8,14-15,18-19,28H,5-6,9-13,16H2,1-2H3/t19-/m0/s1. The molecule has 0 unspecified atom stereocenters. The number of fused-ring (bicyclic) bond motifs is 2. The van der Waals surface area contributed by atoms with Crippen molar-refractivity contribution in [2.24, 2.45) is 0 Å². The van der Waals surface area contributed by atoms with Crippen molar-refractivity contribution in [3.05, 3.63) is 42.1 Å². The van der Waals surface area contributed by atoms with E-state index in [9.17, 15) is 0 Å². The minimum Gasteiger partial charge on any atom is -0.383 e. The molecule has 1 aromatic carbocycles. The predicted molar refractivity (Wildman–Crippen MR) is 136 cm³/mol. The Labute approximate surface area is 204 Å². The van der Waals surface area contributed by atoms with Crippen molar-refractivity contribution < 1.29 is 9.47 Å². The Hall–Kier alpha value is -3.30. The second-order valence-corrected chi connectivity index (χ2v) is 9.42. The molecule has 182 valence electrons. The molecule has 3 aromatic heterocycles. The Bertz CT molecular complexity index is 1350. The van der Waals surface area contributed by atoms with Crippen molar-refractivity contribution >= 4 is 28.3 Å². The van der Waals surface area contributed by atoms with Crippen LogP contribution < -0.4 is 10.2 Å². The number of hydrogen-bond acceptors (Lipinski definition) is 8. The van der Waals surface area contributed by atoms with Crippen LogP contribution in [0.2, 0.25) is 0 Å². The summed E-state index contributed by atoms with van der Waals surface area (Å²) in [5, 5.41) is 8.68. The summed E-state index contributed by atoms with van der Waals surface area (Å²) in [5.74, 6) is 1.90. The lowest BCUT2D eigenvalue weighted by atomic mass is 10.1. The molecule has 5 heterocycles. The Balaban J connectivity index is 1.45. The van der Waals surface area contributed by atoms with Crippen LogP contribution in [0.1, 0.15) is 31.4 Å². The van der Waals surface area contributed by atoms with Crippen molar-refractivity contribution in [3.63, 3.8) is 0 Å². The zero-order valence-electron chi connectivity index (χ0n) is 20.3. The van der Waals surface area contributed by atoms with Gasteiger partial charge in [0.25, 0.3) is 0 Å². The summed E-state index contributed by atoms with van der Waals surface area (Å²) < 4.78 is 13.0. The van der Waals surface area contributed by atoms with E-state index in [1.807, 2.05) is 41.8 Å². The van der Waals surface area contributed by atoms with Crippen LogP contribution in [0.3, 0.4) is 0 Å². The Morgan fingerprint density at radius 3 is 2.66 bits per heavy atom. The number of methoxy groups -OCH3 is 1. The first-order valence-corrected chi connectivity index (χ1v) is 12.4. The zero-order valence-corrected chi connectivity index (χ0v) is 20.3. The zero-order chi connectivity index (χ0) is 23.8. The van der Waals surface area contributed by atoms with Gasteiger partial charge >= 0.3 is 0 Å². The van der Waals surface area contributed by atoms with E-state index in [0.717, 1.165) is 90.8 Å². The summed E-state index contributed by atoms with van der Waals surface area (Å²) in [6, 6.07) is 12.8. The van der Waals surface area contributed by atoms with E-state index in [2.05, 4.69) is 16.3 Å². The van der Waals surface area contributed by atoms with Crippen molar-refractivity contribution in [1.82, 2.24) is 24.6 Å². The summed E-state index contributed by atoms with van der Waals surface area (Å²) in [4.78, 5) is 17.1. The fourth-order valence-electron chi connectivity index (χ4n) is 5.21. The number of benzene rings is 1. The summed E-state index contributed by atoms with van der Waals surface area (Å²) in [7, 11) is 1.77. The number of aromatic nitrogens is 5. The molecule has 0 bridgehead atoms. The van der Waals surface area contributed by atoms with Crippen LogP contribution in [0.4, 0.5) is 11.6 Å². The lowest BCUT2D eigenvalue weighted by Gasteiger charge is -2.27. The number of nitrogens with one attached hydrogen (secondary N) is 1. The monoisotopic (exact) mass is 473 g/mol. The summed E-state index contributed by atoms with van der Waals surface area (Å²) in [6.45, 7) is 5.21. The average molecular weight is 474 g/mol. The molecular weight excluding hydrogens is 442 g/mol. The largest absolute Gasteiger partial charge is 0.383 e. The number of hydrogen-bond donors (Lipinski definition) is 1. The number of rotatable bonds is 6. The van der Waals surface area contributed by atoms with E-state index in [1.54, 1.807) is 7.11 Å². The third-order valence-corrected chi connectivity index (χ3v) is 7.00. The molecular formula is C26H31N7O2. The van der Waals surface area contributed by atoms with Gasteiger partial charge in [0.2, 0.25) is 0 Å². The number of aryl methyl sites for hydroxylation is 1. The molecule has 1 atom stereocenters. The van der Waals surface area contributed by atoms with Crippen molar-refractivity contribution in [2.45, 2.75) is 44.7 Å². The quantitative estimate of drug-likeness (QED) is 0.452. The number of para-hydroxylation sites is 2. The molecule has 0 amide bonds. The first-order chi connectivity index (χ1) is 17.2. The molecule has 0 radical (unpaired) electrons. The van der Waals surface area contributed by atoms with Gasteiger partial charge in [-0.1, -0.05) is 12.1 Å². The van der Waals surface area contributed by atoms with Gasteiger partial charge in [-0.2, -0.15) is 9.61 Å². The highest BCUT2D eigenvalue weighted by Gasteiger charge is 2.27. The summed E-state index contributed by atoms with van der Waals surface area (Å²) >= 11 is 0. The molecule has 0 aliphatic carbocycles. The van der Waals surface area contributed by atoms with Gasteiger partial charge in [-0.15, -0.1) is 0 Å². The smallest absolute Gasteiger partial charge is 0.160 e. The van der Waals surface area contributed by atoms with E-state index < -0.39 is 0 Å². The molecule has 6 rings (SSSR count). The van der Waals surface area contributed by atoms with Gasteiger partial charge < -0.3 is 19.7 Å². The third kappa shape index (κ3) is 4.30. The van der Waals surface area contributed by atoms with Crippen LogP contribution in [-0.2, 0) is 9.47 Å². The van der Waals surface area contributed by atoms with Gasteiger partial charge in [0.05, 0.1) is 29.4 Å². The Morgan fingerprint density at radius 2 is 1.86 bits per heavy atom. The number of nitrogens with zero attached hydrogens (tertiary/aromatic N) is 6. The van der Waals surface area contributed by atoms with Crippen LogP contribution in [0.25, 0.3) is 28.1 Å². The van der Waals surface area contributed by atoms with E-state index >= 15 is 0 Å². The molecule has 2 saturated heterocycles. The van der Waals surface area contributed by atoms with Crippen LogP contribution >= 0.6 is 0 Å². The average Bonchev–Trinajstić information content (AvgIpc) is 3.52. The minimum absolute atomic E-state index is 0.335. The molecule has 0 spiro atoms. The fourth-order valence-corrected chi connectivity index (χ4v) is 5.21. The van der Waals surface area contributed by atoms with Crippen molar-refractivity contribution in [3.8, 4) is 11.4 Å². The second kappa shape index (κ2) is 9.39. The maximum absolute atomic E-state index is 5.57. The Kier molecular flexibility index (Phi) is 5.95. The number of ether oxygens (including phenoxy) is 2. The normalized spacial score (nSPS) is 19.1. The first kappa shape index (κ1) is 22.2. The lowest BCUT2D eigenvalue weighted by Crippen LogP contribution is -2.34. The SMILES string of the molecule is COC[C@@H]1CCCN1c1cc(NC2CCOCC2)n2nc(-c3nc4ccccc4nc3C)cc2n1. The highest BCUT2D eigenvalue weighted by molar-refractivity contribution is 5.78. The molecule has 0 saturated carbocycles. The maximum Gasteiger partial charge on any atom is 0.160 e. The predicted octanol–water partition coefficient (Wildman–Crippen LogP) is 3.85. The molecule has 4 aromatic rings. The van der Waals surface area contributed by atoms with Crippen molar-refractivity contribution in [2.75, 3.05) is 43.7 Å². The van der Waals surface area contributed by atoms with Crippen molar-refractivity contribution in [1.29, 1.82) is 0 Å². The van der Waals surface area contributed by atoms with E-state index in [-0.39, 0.29) is 0 Å². The van der Waals surface area contributed by atoms with Gasteiger partial charge in [-0.3, -0.25) is 0 Å². The Morgan fingerprint density at radius 1 is 1.06 bits per heavy atom. The van der Waals surface area contributed by atoms with Crippen LogP contribution in [0.15, 0.2) is 36.4 Å². The first-order valence-electron chi connectivity index (χ1n) is 12.4. The topological polar surface area (TPSA) is 89.7 Å². The molecule has 2 aliphatic heterocycles. The van der Waals surface area contributed by atoms with Gasteiger partial charge in [-0.05, 0) is 44.7 Å². The lowest BCUT2D eigenvalue weighted by molar-refractivity contribution is 0.0903. The van der Waals surface area contributed by atoms with Gasteiger partial charge in [-0.25, -0.2) is 15.0 Å². The molecule has 2 fully saturated rings. The van der Waals surface area contributed by atoms with E-state index in [4.69, 9.17) is 29.5 Å². The molecule has 9 nitrogen and oxygen atoms in total. The highest BCUT2D eigenvalue weighted by Crippen LogP contribution is 2.30. The highest BCUT2D eigenvalue weighted by atomic mass is 16.5. The van der Waals surface area contributed by atoms with Gasteiger partial charge in [0, 0.05) is 45.0 Å². The van der Waals surface area contributed by atoms with Gasteiger partial charge in [0.1, 0.15) is 23.0 Å². The van der Waals surface area contributed by atoms with Crippen LogP contribution in [-0.4, -0.2) is 70.1 Å². The maximum atomic E-state index is 5.57. The fraction of sp³-hybridized carbons (Fsp3) is 0.462. The van der Waals surface area contributed by atoms with E-state index in [1.165, 1.54) is 0 Å². The third-order valence-electron chi connectivity index (χ3n) is 7.00. The molecule has 1 N–H and O–H groups in total. The molecule has 9 heteroatoms. The molecule has 35 heavy (non-hydrogen) atoms. The summed E-state index contributed by atoms with van der Waals surface area (Å²) in [5.41, 5.74) is 4.95. The number of anilines is 2. The minimum atomic E-state index is 0.335. The van der Waals surface area contributed by atoms with Crippen LogP contribution in [0, 0.1) is 6.92 Å². The van der Waals surface area contributed by atoms with E-state index in [0.29, 0.717) is 18.7 Å². The molecule has 2 aliphatic rings. The summed E-state index contributed by atoms with van der Waals surface area (Å²) in [6.07, 6.45) is 4.19. The van der Waals surface area contributed by atoms with Gasteiger partial charge in [0.15, 0.2) is 5.65 Å². The second-order valence-electron chi connectivity index (χ2n) is 9.42. The van der Waals surface area contributed by atoms with Crippen LogP contribution in [0.5, 0.6) is 0 Å².